The lowest BCUT2D eigenvalue weighted by atomic mass is 9.96. The highest BCUT2D eigenvalue weighted by Crippen LogP contribution is 2.34. The molecule has 0 spiro atoms. The van der Waals surface area contributed by atoms with Crippen molar-refractivity contribution in [2.45, 2.75) is 194 Å². The average Bonchev–Trinajstić information content (AvgIpc) is 1.82. The second-order valence-corrected chi connectivity index (χ2v) is 29.6. The molecule has 11 rings (SSSR count). The lowest BCUT2D eigenvalue weighted by Gasteiger charge is -2.23. The quantitative estimate of drug-likeness (QED) is 0.0409. The van der Waals surface area contributed by atoms with E-state index in [0.717, 1.165) is 112 Å². The highest BCUT2D eigenvalue weighted by atomic mass is 79.9. The molecule has 4 aromatic heterocycles. The van der Waals surface area contributed by atoms with Crippen LogP contribution in [0.25, 0.3) is 0 Å². The van der Waals surface area contributed by atoms with Crippen LogP contribution in [0.3, 0.4) is 0 Å². The van der Waals surface area contributed by atoms with Crippen LogP contribution < -0.4 is 21.7 Å². The maximum Gasteiger partial charge on any atom is 0.416 e. The van der Waals surface area contributed by atoms with Crippen molar-refractivity contribution in [2.24, 2.45) is 5.73 Å². The van der Waals surface area contributed by atoms with Gasteiger partial charge in [0, 0.05) is 54.8 Å². The van der Waals surface area contributed by atoms with E-state index in [2.05, 4.69) is 83.7 Å². The summed E-state index contributed by atoms with van der Waals surface area (Å²) in [6.07, 6.45) is 4.73. The molecule has 0 bridgehead atoms. The van der Waals surface area contributed by atoms with E-state index in [0.29, 0.717) is 65.5 Å². The number of piperidine rings is 1. The van der Waals surface area contributed by atoms with Crippen LogP contribution in [0.2, 0.25) is 0 Å². The van der Waals surface area contributed by atoms with Crippen molar-refractivity contribution in [1.29, 1.82) is 0 Å². The summed E-state index contributed by atoms with van der Waals surface area (Å²) in [4.78, 5) is 20.3. The smallest absolute Gasteiger partial charge is 0.391 e. The SMILES string of the molecule is C.C.C.FC(F)(F)c1cccc(CBr)c1.FC(F)(F)c1cccc(COCc2cnc(Br)s2)c1.FC(F)(F)c1cccc(COCc2cnc(NC3CCCCC3)s2)c1.FC(F)(F)c1cccc(COCc2cnc(N[C@@H]3CCCNC3)s2)c1.NC1CCCCC1.OCc1cnc(Br)s1. The molecule has 5 heterocycles. The van der Waals surface area contributed by atoms with Gasteiger partial charge in [0.15, 0.2) is 18.1 Å². The minimum Gasteiger partial charge on any atom is -0.391 e. The average molecular weight is 1670 g/mol. The number of hydrogen-bond donors (Lipinski definition) is 5. The molecule has 2 saturated carbocycles. The molecule has 1 saturated heterocycles. The molecule has 3 fully saturated rings. The Morgan fingerprint density at radius 2 is 0.798 bits per heavy atom. The Morgan fingerprint density at radius 3 is 1.12 bits per heavy atom. The van der Waals surface area contributed by atoms with E-state index in [1.165, 1.54) is 122 Å². The number of aliphatic hydroxyl groups is 1. The van der Waals surface area contributed by atoms with Crippen LogP contribution in [0.5, 0.6) is 0 Å². The lowest BCUT2D eigenvalue weighted by molar-refractivity contribution is -0.138. The number of nitrogens with zero attached hydrogens (tertiary/aromatic N) is 4. The molecule has 3 aliphatic rings. The first-order chi connectivity index (χ1) is 45.7. The van der Waals surface area contributed by atoms with Crippen molar-refractivity contribution >= 4 is 103 Å². The molecular weight excluding hydrogens is 1590 g/mol. The Bertz CT molecular complexity index is 3370. The third kappa shape index (κ3) is 34.9. The van der Waals surface area contributed by atoms with Crippen molar-refractivity contribution in [1.82, 2.24) is 25.3 Å². The van der Waals surface area contributed by atoms with Gasteiger partial charge in [0.2, 0.25) is 0 Å². The zero-order chi connectivity index (χ0) is 69.6. The van der Waals surface area contributed by atoms with Crippen molar-refractivity contribution < 1.29 is 72.0 Å². The summed E-state index contributed by atoms with van der Waals surface area (Å²) in [5, 5.41) is 20.9. The second-order valence-electron chi connectivity index (χ2n) is 22.1. The maximum atomic E-state index is 12.7. The van der Waals surface area contributed by atoms with Crippen molar-refractivity contribution in [2.75, 3.05) is 23.7 Å². The Hall–Kier alpha value is -4.64. The van der Waals surface area contributed by atoms with Gasteiger partial charge in [0.05, 0.1) is 88.0 Å². The number of aromatic nitrogens is 4. The molecule has 4 aromatic carbocycles. The van der Waals surface area contributed by atoms with E-state index in [1.807, 2.05) is 0 Å². The Morgan fingerprint density at radius 1 is 0.455 bits per heavy atom. The Labute approximate surface area is 613 Å². The van der Waals surface area contributed by atoms with Gasteiger partial charge in [0.25, 0.3) is 0 Å². The van der Waals surface area contributed by atoms with Crippen molar-refractivity contribution in [3.8, 4) is 0 Å². The summed E-state index contributed by atoms with van der Waals surface area (Å²) in [6, 6.07) is 22.2. The van der Waals surface area contributed by atoms with E-state index < -0.39 is 47.0 Å². The summed E-state index contributed by atoms with van der Waals surface area (Å²) < 4.78 is 168. The standard InChI is InChI=1S/C18H21F3N2OS.C17H20F3N3OS.C12H9BrF3NOS.C8H6BrF3.C6H13N.C4H4BrNOS.3CH4/c19-18(20,21)14-6-4-5-13(9-14)11-24-12-16-10-22-17(25-16)23-15-7-2-1-3-8-15;18-17(19,20)13-4-1-3-12(7-13)10-24-11-15-9-22-16(25-15)23-14-5-2-6-21-8-14;13-11-17-5-10(19-11)7-18-6-8-2-1-3-9(4-8)12(14,15)16;9-5-6-2-1-3-7(4-6)8(10,11)12;7-6-4-2-1-3-5-6;5-4-6-1-3(2-7)8-4;;;/h4-6,9-10,15H,1-3,7-8,11-12H2,(H,22,23);1,3-4,7,9,14,21H,2,5-6,8,10-11H2,(H,22,23);1-5H,6-7H2;1-4H,5H2;6H,1-5,7H2;1,7H,2H2;3*1H4/t;14-;;;;;;;/m.1......./s1. The number of aliphatic hydroxyl groups excluding tert-OH is 1. The van der Waals surface area contributed by atoms with Crippen LogP contribution in [0.1, 0.15) is 163 Å². The molecule has 8 aromatic rings. The molecule has 99 heavy (non-hydrogen) atoms. The first kappa shape index (κ1) is 88.6. The number of nitrogens with one attached hydrogen (secondary N) is 3. The highest BCUT2D eigenvalue weighted by Gasteiger charge is 2.33. The van der Waals surface area contributed by atoms with Crippen molar-refractivity contribution in [3.05, 3.63) is 194 Å². The third-order valence-electron chi connectivity index (χ3n) is 14.2. The largest absolute Gasteiger partial charge is 0.416 e. The molecule has 2 aliphatic carbocycles. The third-order valence-corrected chi connectivity index (χ3v) is 19.6. The zero-order valence-corrected chi connectivity index (χ0v) is 59.7. The molecular formula is C68H85Br3F12N8O4S4. The van der Waals surface area contributed by atoms with E-state index in [1.54, 1.807) is 60.4 Å². The van der Waals surface area contributed by atoms with Gasteiger partial charge in [-0.1, -0.05) is 154 Å². The number of thiazole rings is 4. The number of ether oxygens (including phenoxy) is 3. The molecule has 0 radical (unpaired) electrons. The van der Waals surface area contributed by atoms with E-state index in [9.17, 15) is 52.7 Å². The monoisotopic (exact) mass is 1670 g/mol. The minimum atomic E-state index is -4.33. The molecule has 12 nitrogen and oxygen atoms in total. The van der Waals surface area contributed by atoms with Gasteiger partial charge in [-0.05, 0) is 142 Å². The van der Waals surface area contributed by atoms with Gasteiger partial charge in [-0.15, -0.1) is 22.7 Å². The predicted octanol–water partition coefficient (Wildman–Crippen LogP) is 22.5. The van der Waals surface area contributed by atoms with Gasteiger partial charge in [-0.3, -0.25) is 0 Å². The first-order valence-corrected chi connectivity index (χ1v) is 36.3. The van der Waals surface area contributed by atoms with E-state index >= 15 is 0 Å². The number of anilines is 2. The van der Waals surface area contributed by atoms with Crippen LogP contribution in [0, 0.1) is 0 Å². The normalized spacial score (nSPS) is 14.9. The first-order valence-electron chi connectivity index (χ1n) is 30.4. The summed E-state index contributed by atoms with van der Waals surface area (Å²) in [7, 11) is 0. The Balaban J connectivity index is 0.000000324. The summed E-state index contributed by atoms with van der Waals surface area (Å²) in [6.45, 7) is 3.51. The van der Waals surface area contributed by atoms with Crippen LogP contribution in [0.4, 0.5) is 62.9 Å². The van der Waals surface area contributed by atoms with Crippen LogP contribution in [-0.2, 0) is 90.5 Å². The minimum absolute atomic E-state index is 0. The van der Waals surface area contributed by atoms with Gasteiger partial charge in [-0.2, -0.15) is 52.7 Å². The number of hydrogen-bond acceptors (Lipinski definition) is 16. The molecule has 31 heteroatoms. The number of rotatable bonds is 18. The maximum absolute atomic E-state index is 12.7. The van der Waals surface area contributed by atoms with Gasteiger partial charge < -0.3 is 41.0 Å². The molecule has 6 N–H and O–H groups in total. The summed E-state index contributed by atoms with van der Waals surface area (Å²) in [5.74, 6) is 0. The summed E-state index contributed by atoms with van der Waals surface area (Å²) in [5.41, 5.74) is 5.22. The van der Waals surface area contributed by atoms with Crippen molar-refractivity contribution in [3.63, 3.8) is 0 Å². The molecule has 550 valence electrons. The van der Waals surface area contributed by atoms with Gasteiger partial charge >= 0.3 is 24.7 Å². The number of benzene rings is 4. The fraction of sp³-hybridized carbons (Fsp3) is 0.471. The molecule has 0 amide bonds. The summed E-state index contributed by atoms with van der Waals surface area (Å²) >= 11 is 15.4. The molecule has 0 unspecified atom stereocenters. The molecule has 1 aliphatic heterocycles. The van der Waals surface area contributed by atoms with E-state index in [-0.39, 0.29) is 48.7 Å². The second kappa shape index (κ2) is 45.5. The lowest BCUT2D eigenvalue weighted by Crippen LogP contribution is -2.38. The molecule has 1 atom stereocenters. The number of halogens is 15. The topological polar surface area (TPSA) is 162 Å². The fourth-order valence-electron chi connectivity index (χ4n) is 9.45. The Kier molecular flexibility index (Phi) is 40.7. The van der Waals surface area contributed by atoms with Gasteiger partial charge in [0.1, 0.15) is 0 Å². The van der Waals surface area contributed by atoms with Crippen LogP contribution in [0.15, 0.2) is 130 Å². The zero-order valence-electron chi connectivity index (χ0n) is 51.7. The van der Waals surface area contributed by atoms with E-state index in [4.69, 9.17) is 25.1 Å². The van der Waals surface area contributed by atoms with Crippen LogP contribution in [-0.4, -0.2) is 56.3 Å². The highest BCUT2D eigenvalue weighted by molar-refractivity contribution is 9.11. The number of nitrogens with two attached hydrogens (primary N) is 1. The predicted molar refractivity (Wildman–Crippen MR) is 385 cm³/mol. The van der Waals surface area contributed by atoms with Crippen LogP contribution >= 0.6 is 93.1 Å². The fourth-order valence-corrected chi connectivity index (χ4v) is 14.0. The van der Waals surface area contributed by atoms with Gasteiger partial charge in [-0.25, -0.2) is 19.9 Å². The number of alkyl halides is 13.